The molecule has 0 saturated carbocycles. The topological polar surface area (TPSA) is 91.3 Å². The molecule has 1 aliphatic rings. The maximum Gasteiger partial charge on any atom is 0.257 e. The lowest BCUT2D eigenvalue weighted by molar-refractivity contribution is -0.130. The van der Waals surface area contributed by atoms with E-state index in [-0.39, 0.29) is 22.0 Å². The molecule has 1 N–H and O–H groups in total. The van der Waals surface area contributed by atoms with Crippen molar-refractivity contribution in [1.29, 1.82) is 0 Å². The number of carbonyl (C=O) groups excluding carboxylic acids is 2. The van der Waals surface area contributed by atoms with E-state index in [2.05, 4.69) is 25.2 Å². The van der Waals surface area contributed by atoms with Crippen LogP contribution in [-0.4, -0.2) is 57.8 Å². The number of hydrogen-bond donors (Lipinski definition) is 1. The van der Waals surface area contributed by atoms with Crippen LogP contribution in [0.3, 0.4) is 0 Å². The third kappa shape index (κ3) is 5.33. The van der Waals surface area contributed by atoms with Gasteiger partial charge in [0.25, 0.3) is 5.91 Å². The number of aromatic nitrogens is 3. The quantitative estimate of drug-likeness (QED) is 0.575. The number of nitrogens with zero attached hydrogens (tertiary/aromatic N) is 5. The summed E-state index contributed by atoms with van der Waals surface area (Å²) in [7, 11) is 0. The monoisotopic (exact) mass is 470 g/mol. The Labute approximate surface area is 195 Å². The van der Waals surface area contributed by atoms with Gasteiger partial charge in [-0.05, 0) is 29.8 Å². The molecule has 3 aromatic rings. The van der Waals surface area contributed by atoms with Crippen LogP contribution in [0.4, 0.5) is 11.6 Å². The van der Waals surface area contributed by atoms with Gasteiger partial charge in [0, 0.05) is 50.5 Å². The van der Waals surface area contributed by atoms with Crippen LogP contribution in [0.15, 0.2) is 55.0 Å². The number of piperazine rings is 1. The molecule has 0 unspecified atom stereocenters. The molecule has 0 spiro atoms. The molecule has 0 aliphatic carbocycles. The predicted octanol–water partition coefficient (Wildman–Crippen LogP) is 3.32. The second-order valence-corrected chi connectivity index (χ2v) is 8.01. The Morgan fingerprint density at radius 2 is 1.66 bits per heavy atom. The Hall–Kier alpha value is -3.23. The van der Waals surface area contributed by atoms with Crippen LogP contribution in [0.25, 0.3) is 0 Å². The molecule has 164 valence electrons. The zero-order chi connectivity index (χ0) is 22.5. The Morgan fingerprint density at radius 1 is 0.969 bits per heavy atom. The molecule has 1 aliphatic heterocycles. The van der Waals surface area contributed by atoms with Crippen molar-refractivity contribution in [2.24, 2.45) is 0 Å². The lowest BCUT2D eigenvalue weighted by atomic mass is 10.1. The van der Waals surface area contributed by atoms with Crippen LogP contribution in [0, 0.1) is 0 Å². The number of halogens is 2. The normalized spacial score (nSPS) is 13.7. The van der Waals surface area contributed by atoms with Crippen molar-refractivity contribution in [2.75, 3.05) is 36.4 Å². The SMILES string of the molecule is O=C(Nc1ccc(CC(=O)N2CCN(c3ncccn3)CC2)cc1)c1cnc(Cl)c(Cl)c1. The third-order valence-electron chi connectivity index (χ3n) is 5.09. The van der Waals surface area contributed by atoms with Gasteiger partial charge in [-0.3, -0.25) is 9.59 Å². The summed E-state index contributed by atoms with van der Waals surface area (Å²) in [6.45, 7) is 2.65. The minimum absolute atomic E-state index is 0.0669. The van der Waals surface area contributed by atoms with Crippen molar-refractivity contribution in [3.8, 4) is 0 Å². The minimum atomic E-state index is -0.347. The fourth-order valence-electron chi connectivity index (χ4n) is 3.35. The molecule has 2 aromatic heterocycles. The van der Waals surface area contributed by atoms with E-state index in [4.69, 9.17) is 23.2 Å². The summed E-state index contributed by atoms with van der Waals surface area (Å²) in [6.07, 6.45) is 5.09. The molecule has 1 fully saturated rings. The smallest absolute Gasteiger partial charge is 0.257 e. The first kappa shape index (κ1) is 22.0. The maximum absolute atomic E-state index is 12.7. The van der Waals surface area contributed by atoms with Gasteiger partial charge in [-0.25, -0.2) is 15.0 Å². The molecular weight excluding hydrogens is 451 g/mol. The predicted molar refractivity (Wildman–Crippen MR) is 123 cm³/mol. The number of carbonyl (C=O) groups is 2. The number of pyridine rings is 1. The van der Waals surface area contributed by atoms with Crippen LogP contribution in [-0.2, 0) is 11.2 Å². The number of amides is 2. The van der Waals surface area contributed by atoms with Crippen molar-refractivity contribution in [2.45, 2.75) is 6.42 Å². The minimum Gasteiger partial charge on any atom is -0.339 e. The molecule has 0 radical (unpaired) electrons. The van der Waals surface area contributed by atoms with Crippen LogP contribution in [0.5, 0.6) is 0 Å². The first-order valence-corrected chi connectivity index (χ1v) is 10.8. The average Bonchev–Trinajstić information content (AvgIpc) is 2.82. The number of nitrogens with one attached hydrogen (secondary N) is 1. The molecule has 3 heterocycles. The highest BCUT2D eigenvalue weighted by molar-refractivity contribution is 6.41. The molecule has 2 amide bonds. The van der Waals surface area contributed by atoms with Crippen LogP contribution in [0.1, 0.15) is 15.9 Å². The summed E-state index contributed by atoms with van der Waals surface area (Å²) < 4.78 is 0. The van der Waals surface area contributed by atoms with Crippen molar-refractivity contribution >= 4 is 46.7 Å². The Kier molecular flexibility index (Phi) is 6.82. The standard InChI is InChI=1S/C22H20Cl2N6O2/c23-18-13-16(14-27-20(18)24)21(32)28-17-4-2-15(3-5-17)12-19(31)29-8-10-30(11-9-29)22-25-6-1-7-26-22/h1-7,13-14H,8-12H2,(H,28,32). The summed E-state index contributed by atoms with van der Waals surface area (Å²) in [6, 6.07) is 10.4. The number of anilines is 2. The van der Waals surface area contributed by atoms with Gasteiger partial charge < -0.3 is 15.1 Å². The highest BCUT2D eigenvalue weighted by Gasteiger charge is 2.22. The van der Waals surface area contributed by atoms with Gasteiger partial charge in [0.05, 0.1) is 17.0 Å². The summed E-state index contributed by atoms with van der Waals surface area (Å²) in [5.41, 5.74) is 1.78. The van der Waals surface area contributed by atoms with Gasteiger partial charge in [0.1, 0.15) is 5.15 Å². The number of hydrogen-bond acceptors (Lipinski definition) is 6. The number of rotatable bonds is 5. The molecule has 0 atom stereocenters. The largest absolute Gasteiger partial charge is 0.339 e. The van der Waals surface area contributed by atoms with Gasteiger partial charge in [-0.2, -0.15) is 0 Å². The third-order valence-corrected chi connectivity index (χ3v) is 5.78. The van der Waals surface area contributed by atoms with E-state index in [1.165, 1.54) is 12.3 Å². The van der Waals surface area contributed by atoms with E-state index >= 15 is 0 Å². The lowest BCUT2D eigenvalue weighted by Gasteiger charge is -2.34. The summed E-state index contributed by atoms with van der Waals surface area (Å²) in [5, 5.41) is 3.13. The zero-order valence-corrected chi connectivity index (χ0v) is 18.6. The van der Waals surface area contributed by atoms with Crippen molar-refractivity contribution < 1.29 is 9.59 Å². The van der Waals surface area contributed by atoms with Crippen molar-refractivity contribution in [3.05, 3.63) is 76.3 Å². The van der Waals surface area contributed by atoms with Crippen molar-refractivity contribution in [1.82, 2.24) is 19.9 Å². The van der Waals surface area contributed by atoms with Gasteiger partial charge in [-0.1, -0.05) is 35.3 Å². The molecule has 1 saturated heterocycles. The first-order valence-electron chi connectivity index (χ1n) is 10.0. The van der Waals surface area contributed by atoms with Gasteiger partial charge in [0.2, 0.25) is 11.9 Å². The Balaban J connectivity index is 1.29. The Morgan fingerprint density at radius 3 is 2.31 bits per heavy atom. The molecular formula is C22H20Cl2N6O2. The van der Waals surface area contributed by atoms with Gasteiger partial charge in [0.15, 0.2) is 0 Å². The van der Waals surface area contributed by atoms with Gasteiger partial charge >= 0.3 is 0 Å². The summed E-state index contributed by atoms with van der Waals surface area (Å²) in [5.74, 6) is 0.409. The maximum atomic E-state index is 12.7. The molecule has 0 bridgehead atoms. The van der Waals surface area contributed by atoms with Crippen LogP contribution >= 0.6 is 23.2 Å². The highest BCUT2D eigenvalue weighted by atomic mass is 35.5. The van der Waals surface area contributed by atoms with Crippen LogP contribution < -0.4 is 10.2 Å². The van der Waals surface area contributed by atoms with Crippen molar-refractivity contribution in [3.63, 3.8) is 0 Å². The fourth-order valence-corrected chi connectivity index (χ4v) is 3.62. The van der Waals surface area contributed by atoms with E-state index in [0.29, 0.717) is 49.8 Å². The molecule has 1 aromatic carbocycles. The van der Waals surface area contributed by atoms with E-state index in [1.807, 2.05) is 17.0 Å². The van der Waals surface area contributed by atoms with E-state index < -0.39 is 0 Å². The summed E-state index contributed by atoms with van der Waals surface area (Å²) >= 11 is 11.7. The Bertz CT molecular complexity index is 1100. The second-order valence-electron chi connectivity index (χ2n) is 7.24. The summed E-state index contributed by atoms with van der Waals surface area (Å²) in [4.78, 5) is 41.4. The highest BCUT2D eigenvalue weighted by Crippen LogP contribution is 2.21. The lowest BCUT2D eigenvalue weighted by Crippen LogP contribution is -2.49. The van der Waals surface area contributed by atoms with E-state index in [1.54, 1.807) is 30.6 Å². The number of benzene rings is 1. The zero-order valence-electron chi connectivity index (χ0n) is 17.0. The average molecular weight is 471 g/mol. The molecule has 10 heteroatoms. The second kappa shape index (κ2) is 9.93. The fraction of sp³-hybridized carbons (Fsp3) is 0.227. The molecule has 8 nitrogen and oxygen atoms in total. The van der Waals surface area contributed by atoms with E-state index in [9.17, 15) is 9.59 Å². The molecule has 4 rings (SSSR count). The molecule has 32 heavy (non-hydrogen) atoms. The van der Waals surface area contributed by atoms with E-state index in [0.717, 1.165) is 5.56 Å². The first-order chi connectivity index (χ1) is 15.5. The van der Waals surface area contributed by atoms with Crippen LogP contribution in [0.2, 0.25) is 10.2 Å². The van der Waals surface area contributed by atoms with Gasteiger partial charge in [-0.15, -0.1) is 0 Å².